The highest BCUT2D eigenvalue weighted by molar-refractivity contribution is 6.00. The van der Waals surface area contributed by atoms with Gasteiger partial charge in [0.15, 0.2) is 0 Å². The van der Waals surface area contributed by atoms with Gasteiger partial charge in [0.25, 0.3) is 0 Å². The molecule has 1 aromatic heterocycles. The lowest BCUT2D eigenvalue weighted by atomic mass is 9.88. The summed E-state index contributed by atoms with van der Waals surface area (Å²) in [5, 5.41) is 10.2. The zero-order chi connectivity index (χ0) is 23.4. The number of benzene rings is 2. The highest BCUT2D eigenvalue weighted by Gasteiger charge is 2.20. The molecule has 3 aromatic rings. The van der Waals surface area contributed by atoms with Crippen LogP contribution in [0.4, 0.5) is 0 Å². The standard InChI is InChI=1S/C28H35NO3/c1-7-8-12-32-28-22(18(4)5)14-20(17(2)3)15-24(28)21-10-9-11-25-23(21)16-26(29-25)19(6)13-27(30)31/h9-11,13-18,29H,7-8,12H2,1-6H3,(H,30,31)/b19-13-. The molecule has 0 aliphatic rings. The number of allylic oxidation sites excluding steroid dienone is 1. The van der Waals surface area contributed by atoms with Crippen LogP contribution in [-0.2, 0) is 4.79 Å². The lowest BCUT2D eigenvalue weighted by molar-refractivity contribution is -0.131. The molecule has 0 amide bonds. The first-order valence-corrected chi connectivity index (χ1v) is 11.6. The highest BCUT2D eigenvalue weighted by Crippen LogP contribution is 2.42. The lowest BCUT2D eigenvalue weighted by Crippen LogP contribution is -2.05. The van der Waals surface area contributed by atoms with Crippen LogP contribution in [0.1, 0.15) is 83.0 Å². The Hall–Kier alpha value is -3.01. The first kappa shape index (κ1) is 23.6. The minimum Gasteiger partial charge on any atom is -0.493 e. The molecule has 0 fully saturated rings. The molecule has 0 radical (unpaired) electrons. The molecular weight excluding hydrogens is 398 g/mol. The van der Waals surface area contributed by atoms with E-state index in [-0.39, 0.29) is 0 Å². The lowest BCUT2D eigenvalue weighted by Gasteiger charge is -2.22. The Morgan fingerprint density at radius 2 is 1.84 bits per heavy atom. The van der Waals surface area contributed by atoms with Crippen molar-refractivity contribution in [2.24, 2.45) is 0 Å². The van der Waals surface area contributed by atoms with Gasteiger partial charge >= 0.3 is 5.97 Å². The van der Waals surface area contributed by atoms with E-state index in [9.17, 15) is 4.79 Å². The van der Waals surface area contributed by atoms with Gasteiger partial charge in [0.2, 0.25) is 0 Å². The van der Waals surface area contributed by atoms with Crippen molar-refractivity contribution in [2.75, 3.05) is 6.61 Å². The maximum Gasteiger partial charge on any atom is 0.328 e. The van der Waals surface area contributed by atoms with Gasteiger partial charge in [-0.2, -0.15) is 0 Å². The largest absolute Gasteiger partial charge is 0.493 e. The van der Waals surface area contributed by atoms with Crippen molar-refractivity contribution in [3.8, 4) is 16.9 Å². The summed E-state index contributed by atoms with van der Waals surface area (Å²) in [6.07, 6.45) is 3.34. The number of carbonyl (C=O) groups is 1. The fourth-order valence-corrected chi connectivity index (χ4v) is 3.98. The second-order valence-corrected chi connectivity index (χ2v) is 9.11. The molecule has 2 aromatic carbocycles. The number of ether oxygens (including phenoxy) is 1. The van der Waals surface area contributed by atoms with Crippen LogP contribution in [0.5, 0.6) is 5.75 Å². The van der Waals surface area contributed by atoms with Gasteiger partial charge in [-0.1, -0.05) is 59.2 Å². The van der Waals surface area contributed by atoms with Crippen molar-refractivity contribution in [3.05, 3.63) is 59.3 Å². The van der Waals surface area contributed by atoms with Crippen molar-refractivity contribution in [3.63, 3.8) is 0 Å². The summed E-state index contributed by atoms with van der Waals surface area (Å²) in [5.41, 5.74) is 7.22. The Bertz CT molecular complexity index is 1140. The molecule has 170 valence electrons. The number of hydrogen-bond donors (Lipinski definition) is 2. The van der Waals surface area contributed by atoms with Gasteiger partial charge in [-0.05, 0) is 65.6 Å². The molecule has 0 aliphatic carbocycles. The van der Waals surface area contributed by atoms with Gasteiger partial charge in [0, 0.05) is 28.2 Å². The highest BCUT2D eigenvalue weighted by atomic mass is 16.5. The van der Waals surface area contributed by atoms with Crippen molar-refractivity contribution >= 4 is 22.4 Å². The number of aromatic nitrogens is 1. The van der Waals surface area contributed by atoms with Crippen molar-refractivity contribution in [1.82, 2.24) is 4.98 Å². The minimum atomic E-state index is -0.945. The third-order valence-electron chi connectivity index (χ3n) is 5.89. The van der Waals surface area contributed by atoms with E-state index < -0.39 is 5.97 Å². The molecule has 0 bridgehead atoms. The van der Waals surface area contributed by atoms with E-state index in [4.69, 9.17) is 9.84 Å². The molecule has 2 N–H and O–H groups in total. The topological polar surface area (TPSA) is 62.3 Å². The number of carboxylic acids is 1. The summed E-state index contributed by atoms with van der Waals surface area (Å²) < 4.78 is 6.42. The summed E-state index contributed by atoms with van der Waals surface area (Å²) in [5.74, 6) is 0.758. The average Bonchev–Trinajstić information content (AvgIpc) is 3.17. The number of H-pyrrole nitrogens is 1. The fourth-order valence-electron chi connectivity index (χ4n) is 3.98. The van der Waals surface area contributed by atoms with Crippen LogP contribution in [0, 0.1) is 0 Å². The SMILES string of the molecule is CCCCOc1c(-c2cccc3[nH]c(/C(C)=C\C(=O)O)cc23)cc(C(C)C)cc1C(C)C. The van der Waals surface area contributed by atoms with Gasteiger partial charge in [-0.15, -0.1) is 0 Å². The number of carboxylic acid groups (broad SMARTS) is 1. The smallest absolute Gasteiger partial charge is 0.328 e. The second-order valence-electron chi connectivity index (χ2n) is 9.11. The van der Waals surface area contributed by atoms with Crippen LogP contribution in [0.2, 0.25) is 0 Å². The molecule has 32 heavy (non-hydrogen) atoms. The summed E-state index contributed by atoms with van der Waals surface area (Å²) in [7, 11) is 0. The maximum atomic E-state index is 11.2. The zero-order valence-electron chi connectivity index (χ0n) is 20.1. The molecule has 4 heteroatoms. The maximum absolute atomic E-state index is 11.2. The monoisotopic (exact) mass is 433 g/mol. The summed E-state index contributed by atoms with van der Waals surface area (Å²) in [4.78, 5) is 14.5. The summed E-state index contributed by atoms with van der Waals surface area (Å²) >= 11 is 0. The predicted octanol–water partition coefficient (Wildman–Crippen LogP) is 7.75. The Labute approximate surface area is 191 Å². The Morgan fingerprint density at radius 1 is 1.09 bits per heavy atom. The number of nitrogens with one attached hydrogen (secondary N) is 1. The number of fused-ring (bicyclic) bond motifs is 1. The van der Waals surface area contributed by atoms with E-state index in [1.807, 2.05) is 25.1 Å². The third kappa shape index (κ3) is 5.07. The van der Waals surface area contributed by atoms with E-state index in [0.717, 1.165) is 46.3 Å². The molecule has 0 spiro atoms. The number of aromatic amines is 1. The normalized spacial score (nSPS) is 12.2. The molecule has 0 aliphatic heterocycles. The molecular formula is C28H35NO3. The number of aliphatic carboxylic acids is 1. The van der Waals surface area contributed by atoms with Crippen molar-refractivity contribution in [1.29, 1.82) is 0 Å². The van der Waals surface area contributed by atoms with Crippen molar-refractivity contribution in [2.45, 2.75) is 66.2 Å². The Balaban J connectivity index is 2.27. The second kappa shape index (κ2) is 10.1. The van der Waals surface area contributed by atoms with Crippen molar-refractivity contribution < 1.29 is 14.6 Å². The summed E-state index contributed by atoms with van der Waals surface area (Å²) in [6.45, 7) is 13.5. The number of rotatable bonds is 9. The Kier molecular flexibility index (Phi) is 7.44. The van der Waals surface area contributed by atoms with E-state index in [2.05, 4.69) is 57.8 Å². The molecule has 0 saturated heterocycles. The van der Waals surface area contributed by atoms with Crippen LogP contribution < -0.4 is 4.74 Å². The zero-order valence-corrected chi connectivity index (χ0v) is 20.1. The van der Waals surface area contributed by atoms with Gasteiger partial charge in [0.1, 0.15) is 5.75 Å². The van der Waals surface area contributed by atoms with Gasteiger partial charge in [-0.25, -0.2) is 4.79 Å². The number of unbranched alkanes of at least 4 members (excludes halogenated alkanes) is 1. The van der Waals surface area contributed by atoms with Crippen LogP contribution in [0.25, 0.3) is 27.6 Å². The van der Waals surface area contributed by atoms with Gasteiger partial charge in [-0.3, -0.25) is 0 Å². The quantitative estimate of drug-likeness (QED) is 0.268. The first-order chi connectivity index (χ1) is 15.2. The third-order valence-corrected chi connectivity index (χ3v) is 5.89. The Morgan fingerprint density at radius 3 is 2.47 bits per heavy atom. The molecule has 0 atom stereocenters. The summed E-state index contributed by atoms with van der Waals surface area (Å²) in [6, 6.07) is 12.8. The first-order valence-electron chi connectivity index (χ1n) is 11.6. The van der Waals surface area contributed by atoms with E-state index in [1.54, 1.807) is 0 Å². The average molecular weight is 434 g/mol. The van der Waals surface area contributed by atoms with E-state index >= 15 is 0 Å². The van der Waals surface area contributed by atoms with E-state index in [0.29, 0.717) is 24.0 Å². The molecule has 0 saturated carbocycles. The van der Waals surface area contributed by atoms with E-state index in [1.165, 1.54) is 17.2 Å². The van der Waals surface area contributed by atoms with Crippen LogP contribution >= 0.6 is 0 Å². The van der Waals surface area contributed by atoms with Crippen LogP contribution in [-0.4, -0.2) is 22.7 Å². The van der Waals surface area contributed by atoms with Gasteiger partial charge in [0.05, 0.1) is 6.61 Å². The number of hydrogen-bond acceptors (Lipinski definition) is 2. The van der Waals surface area contributed by atoms with Crippen LogP contribution in [0.15, 0.2) is 42.5 Å². The minimum absolute atomic E-state index is 0.339. The fraction of sp³-hybridized carbons (Fsp3) is 0.393. The molecule has 4 nitrogen and oxygen atoms in total. The van der Waals surface area contributed by atoms with Gasteiger partial charge < -0.3 is 14.8 Å². The molecule has 3 rings (SSSR count). The molecule has 1 heterocycles. The predicted molar refractivity (Wildman–Crippen MR) is 134 cm³/mol. The molecule has 0 unspecified atom stereocenters. The van der Waals surface area contributed by atoms with Crippen LogP contribution in [0.3, 0.4) is 0 Å².